The van der Waals surface area contributed by atoms with E-state index in [0.29, 0.717) is 6.54 Å². The summed E-state index contributed by atoms with van der Waals surface area (Å²) in [5.41, 5.74) is 1.60. The number of nitrogens with one attached hydrogen (secondary N) is 1. The average molecular weight is 271 g/mol. The lowest BCUT2D eigenvalue weighted by Crippen LogP contribution is -2.38. The van der Waals surface area contributed by atoms with Crippen molar-refractivity contribution >= 4 is 27.3 Å². The highest BCUT2D eigenvalue weighted by molar-refractivity contribution is 9.10. The Morgan fingerprint density at radius 3 is 2.93 bits per heavy atom. The molecule has 4 heteroatoms. The molecule has 0 spiro atoms. The van der Waals surface area contributed by atoms with Gasteiger partial charge in [-0.3, -0.25) is 0 Å². The van der Waals surface area contributed by atoms with Gasteiger partial charge in [0.2, 0.25) is 0 Å². The van der Waals surface area contributed by atoms with E-state index < -0.39 is 5.60 Å². The van der Waals surface area contributed by atoms with Crippen LogP contribution in [0.2, 0.25) is 0 Å². The summed E-state index contributed by atoms with van der Waals surface area (Å²) in [5, 5.41) is 13.1. The van der Waals surface area contributed by atoms with E-state index in [4.69, 9.17) is 0 Å². The first-order valence-corrected chi connectivity index (χ1v) is 5.76. The zero-order valence-corrected chi connectivity index (χ0v) is 10.5. The highest BCUT2D eigenvalue weighted by Crippen LogP contribution is 2.34. The predicted octanol–water partition coefficient (Wildman–Crippen LogP) is 2.41. The van der Waals surface area contributed by atoms with Crippen LogP contribution in [0.3, 0.4) is 0 Å². The van der Waals surface area contributed by atoms with Gasteiger partial charge in [-0.1, -0.05) is 15.9 Å². The third kappa shape index (κ3) is 2.44. The third-order valence-corrected chi connectivity index (χ3v) is 2.83. The van der Waals surface area contributed by atoms with Crippen molar-refractivity contribution in [2.24, 2.45) is 0 Å². The van der Waals surface area contributed by atoms with Crippen LogP contribution in [-0.2, 0) is 0 Å². The van der Waals surface area contributed by atoms with Gasteiger partial charge in [0.15, 0.2) is 0 Å². The van der Waals surface area contributed by atoms with Gasteiger partial charge in [0.1, 0.15) is 0 Å². The van der Waals surface area contributed by atoms with Crippen LogP contribution in [-0.4, -0.2) is 23.9 Å². The van der Waals surface area contributed by atoms with E-state index in [1.54, 1.807) is 0 Å². The van der Waals surface area contributed by atoms with Crippen LogP contribution < -0.4 is 10.2 Å². The first-order chi connectivity index (χ1) is 6.96. The second-order valence-electron chi connectivity index (χ2n) is 4.51. The number of anilines is 2. The molecule has 3 nitrogen and oxygen atoms in total. The molecule has 1 aliphatic heterocycles. The molecule has 15 heavy (non-hydrogen) atoms. The lowest BCUT2D eigenvalue weighted by atomic mass is 10.1. The molecule has 0 amide bonds. The lowest BCUT2D eigenvalue weighted by molar-refractivity contribution is 0.0880. The molecule has 0 saturated carbocycles. The van der Waals surface area contributed by atoms with Gasteiger partial charge >= 0.3 is 0 Å². The van der Waals surface area contributed by atoms with E-state index in [2.05, 4.69) is 38.3 Å². The molecule has 82 valence electrons. The monoisotopic (exact) mass is 270 g/mol. The van der Waals surface area contributed by atoms with Crippen LogP contribution in [0.4, 0.5) is 11.4 Å². The minimum Gasteiger partial charge on any atom is -0.389 e. The van der Waals surface area contributed by atoms with Crippen molar-refractivity contribution in [2.75, 3.05) is 23.4 Å². The van der Waals surface area contributed by atoms with Gasteiger partial charge in [-0.25, -0.2) is 0 Å². The van der Waals surface area contributed by atoms with Crippen LogP contribution in [0.15, 0.2) is 22.7 Å². The summed E-state index contributed by atoms with van der Waals surface area (Å²) in [4.78, 5) is 2.14. The van der Waals surface area contributed by atoms with E-state index in [1.807, 2.05) is 19.9 Å². The molecule has 1 aromatic rings. The standard InChI is InChI=1S/C11H15BrN2O/c1-11(2,15)6-14-7-13-9-5-8(12)3-4-10(9)14/h3-5,13,15H,6-7H2,1-2H3. The van der Waals surface area contributed by atoms with Crippen LogP contribution in [0.5, 0.6) is 0 Å². The van der Waals surface area contributed by atoms with Crippen molar-refractivity contribution in [1.82, 2.24) is 0 Å². The zero-order valence-electron chi connectivity index (χ0n) is 8.92. The Bertz CT molecular complexity index is 373. The van der Waals surface area contributed by atoms with Crippen molar-refractivity contribution < 1.29 is 5.11 Å². The fraction of sp³-hybridized carbons (Fsp3) is 0.455. The van der Waals surface area contributed by atoms with Crippen LogP contribution >= 0.6 is 15.9 Å². The van der Waals surface area contributed by atoms with Gasteiger partial charge in [0, 0.05) is 11.0 Å². The smallest absolute Gasteiger partial charge is 0.0878 e. The van der Waals surface area contributed by atoms with Crippen LogP contribution in [0.1, 0.15) is 13.8 Å². The van der Waals surface area contributed by atoms with E-state index in [-0.39, 0.29) is 0 Å². The highest BCUT2D eigenvalue weighted by atomic mass is 79.9. The van der Waals surface area contributed by atoms with E-state index >= 15 is 0 Å². The molecule has 0 unspecified atom stereocenters. The molecule has 0 aromatic heterocycles. The fourth-order valence-electron chi connectivity index (χ4n) is 1.80. The zero-order chi connectivity index (χ0) is 11.1. The Hall–Kier alpha value is -0.740. The minimum atomic E-state index is -0.670. The molecule has 0 saturated heterocycles. The van der Waals surface area contributed by atoms with E-state index in [0.717, 1.165) is 22.5 Å². The first kappa shape index (κ1) is 10.8. The summed E-state index contributed by atoms with van der Waals surface area (Å²) in [6, 6.07) is 6.13. The van der Waals surface area contributed by atoms with Gasteiger partial charge < -0.3 is 15.3 Å². The fourth-order valence-corrected chi connectivity index (χ4v) is 2.16. The van der Waals surface area contributed by atoms with Crippen LogP contribution in [0.25, 0.3) is 0 Å². The SMILES string of the molecule is CC(C)(O)CN1CNc2cc(Br)ccc21. The second kappa shape index (κ2) is 3.68. The number of hydrogen-bond donors (Lipinski definition) is 2. The number of aliphatic hydroxyl groups is 1. The van der Waals surface area contributed by atoms with Gasteiger partial charge in [0.25, 0.3) is 0 Å². The number of halogens is 1. The molecule has 0 aliphatic carbocycles. The minimum absolute atomic E-state index is 0.634. The van der Waals surface area contributed by atoms with Gasteiger partial charge in [-0.2, -0.15) is 0 Å². The van der Waals surface area contributed by atoms with Crippen molar-refractivity contribution in [3.05, 3.63) is 22.7 Å². The number of rotatable bonds is 2. The maximum absolute atomic E-state index is 9.78. The Kier molecular flexibility index (Phi) is 2.64. The molecule has 0 fully saturated rings. The van der Waals surface area contributed by atoms with Crippen LogP contribution in [0, 0.1) is 0 Å². The molecule has 0 atom stereocenters. The Morgan fingerprint density at radius 2 is 2.27 bits per heavy atom. The van der Waals surface area contributed by atoms with E-state index in [1.165, 1.54) is 0 Å². The van der Waals surface area contributed by atoms with Crippen molar-refractivity contribution in [3.63, 3.8) is 0 Å². The molecule has 0 radical (unpaired) electrons. The summed E-state index contributed by atoms with van der Waals surface area (Å²) < 4.78 is 1.07. The van der Waals surface area contributed by atoms with Gasteiger partial charge in [-0.15, -0.1) is 0 Å². The first-order valence-electron chi connectivity index (χ1n) is 4.96. The second-order valence-corrected chi connectivity index (χ2v) is 5.42. The van der Waals surface area contributed by atoms with Crippen molar-refractivity contribution in [2.45, 2.75) is 19.4 Å². The lowest BCUT2D eigenvalue weighted by Gasteiger charge is -2.26. The maximum Gasteiger partial charge on any atom is 0.0878 e. The average Bonchev–Trinajstić information content (AvgIpc) is 2.45. The Balaban J connectivity index is 2.22. The molecule has 2 rings (SSSR count). The Morgan fingerprint density at radius 1 is 1.53 bits per heavy atom. The molecule has 1 aromatic carbocycles. The summed E-state index contributed by atoms with van der Waals surface area (Å²) in [6.45, 7) is 5.04. The largest absolute Gasteiger partial charge is 0.389 e. The molecule has 1 heterocycles. The summed E-state index contributed by atoms with van der Waals surface area (Å²) >= 11 is 3.44. The summed E-state index contributed by atoms with van der Waals surface area (Å²) in [7, 11) is 0. The van der Waals surface area contributed by atoms with Crippen molar-refractivity contribution in [3.8, 4) is 0 Å². The Labute approximate surface area is 98.2 Å². The van der Waals surface area contributed by atoms with Crippen molar-refractivity contribution in [1.29, 1.82) is 0 Å². The highest BCUT2D eigenvalue weighted by Gasteiger charge is 2.24. The molecular formula is C11H15BrN2O. The normalized spacial score (nSPS) is 15.1. The number of hydrogen-bond acceptors (Lipinski definition) is 3. The molecule has 2 N–H and O–H groups in total. The number of nitrogens with zero attached hydrogens (tertiary/aromatic N) is 1. The van der Waals surface area contributed by atoms with Gasteiger partial charge in [-0.05, 0) is 32.0 Å². The third-order valence-electron chi connectivity index (χ3n) is 2.34. The molecule has 1 aliphatic rings. The predicted molar refractivity (Wildman–Crippen MR) is 66.3 cm³/mol. The topological polar surface area (TPSA) is 35.5 Å². The quantitative estimate of drug-likeness (QED) is 0.867. The number of benzene rings is 1. The molecular weight excluding hydrogens is 256 g/mol. The van der Waals surface area contributed by atoms with E-state index in [9.17, 15) is 5.11 Å². The number of fused-ring (bicyclic) bond motifs is 1. The summed E-state index contributed by atoms with van der Waals surface area (Å²) in [5.74, 6) is 0. The molecule has 0 bridgehead atoms. The number of β-amino-alcohol motifs (C(OH)–C–C–N with tert-alkyl or cyclic N) is 1. The maximum atomic E-state index is 9.78. The summed E-state index contributed by atoms with van der Waals surface area (Å²) in [6.07, 6.45) is 0. The van der Waals surface area contributed by atoms with Gasteiger partial charge in [0.05, 0.1) is 23.6 Å².